The first-order valence-corrected chi connectivity index (χ1v) is 12.2. The fraction of sp³-hybridized carbons (Fsp3) is 0.381. The first kappa shape index (κ1) is 23.6. The minimum Gasteiger partial charge on any atom is -0.482 e. The molecular formula is C21H23N3O6S2. The molecule has 1 aliphatic rings. The van der Waals surface area contributed by atoms with Gasteiger partial charge in [0, 0.05) is 7.05 Å². The lowest BCUT2D eigenvalue weighted by Crippen LogP contribution is -2.46. The molecule has 1 aromatic carbocycles. The van der Waals surface area contributed by atoms with Crippen molar-refractivity contribution in [3.8, 4) is 11.8 Å². The number of thiophene rings is 1. The van der Waals surface area contributed by atoms with E-state index in [4.69, 9.17) is 9.47 Å². The number of carbonyl (C=O) groups is 2. The Kier molecular flexibility index (Phi) is 7.37. The molecule has 1 aromatic heterocycles. The second-order valence-electron chi connectivity index (χ2n) is 7.30. The van der Waals surface area contributed by atoms with Gasteiger partial charge in [-0.15, -0.1) is 11.3 Å². The fourth-order valence-corrected chi connectivity index (χ4v) is 5.67. The molecule has 0 aliphatic heterocycles. The summed E-state index contributed by atoms with van der Waals surface area (Å²) in [5.74, 6) is -0.924. The monoisotopic (exact) mass is 477 g/mol. The van der Waals surface area contributed by atoms with Crippen LogP contribution in [0.15, 0.2) is 46.0 Å². The zero-order valence-corrected chi connectivity index (χ0v) is 19.1. The average Bonchev–Trinajstić information content (AvgIpc) is 3.49. The van der Waals surface area contributed by atoms with E-state index in [9.17, 15) is 23.3 Å². The summed E-state index contributed by atoms with van der Waals surface area (Å²) in [4.78, 5) is 23.8. The van der Waals surface area contributed by atoms with Crippen LogP contribution in [0.4, 0.5) is 5.69 Å². The fourth-order valence-electron chi connectivity index (χ4n) is 3.31. The molecule has 32 heavy (non-hydrogen) atoms. The number of hydrogen-bond donors (Lipinski definition) is 1. The molecule has 0 radical (unpaired) electrons. The number of anilines is 1. The molecule has 1 amide bonds. The molecule has 170 valence electrons. The summed E-state index contributed by atoms with van der Waals surface area (Å²) < 4.78 is 36.8. The summed E-state index contributed by atoms with van der Waals surface area (Å²) in [7, 11) is -2.19. The Labute approximate surface area is 190 Å². The highest BCUT2D eigenvalue weighted by atomic mass is 32.2. The highest BCUT2D eigenvalue weighted by molar-refractivity contribution is 7.94. The van der Waals surface area contributed by atoms with E-state index >= 15 is 0 Å². The second kappa shape index (κ2) is 10.0. The molecule has 0 saturated heterocycles. The maximum atomic E-state index is 12.6. The van der Waals surface area contributed by atoms with Crippen molar-refractivity contribution < 1.29 is 27.5 Å². The smallest absolute Gasteiger partial charge is 0.344 e. The zero-order chi connectivity index (χ0) is 23.2. The summed E-state index contributed by atoms with van der Waals surface area (Å²) >= 11 is 1.13. The van der Waals surface area contributed by atoms with Crippen LogP contribution in [0.25, 0.3) is 0 Å². The summed E-state index contributed by atoms with van der Waals surface area (Å²) in [5.41, 5.74) is -0.436. The number of rotatable bonds is 9. The van der Waals surface area contributed by atoms with E-state index in [1.165, 1.54) is 25.2 Å². The summed E-state index contributed by atoms with van der Waals surface area (Å²) in [6.45, 7) is -0.907. The minimum absolute atomic E-state index is 0.237. The van der Waals surface area contributed by atoms with Gasteiger partial charge in [-0.2, -0.15) is 5.26 Å². The number of nitriles is 1. The Morgan fingerprint density at radius 1 is 1.19 bits per heavy atom. The van der Waals surface area contributed by atoms with Gasteiger partial charge >= 0.3 is 5.97 Å². The van der Waals surface area contributed by atoms with Crippen LogP contribution < -0.4 is 14.4 Å². The Morgan fingerprint density at radius 2 is 1.88 bits per heavy atom. The molecule has 2 aromatic rings. The van der Waals surface area contributed by atoms with Gasteiger partial charge in [0.25, 0.3) is 15.9 Å². The number of nitrogens with one attached hydrogen (secondary N) is 1. The zero-order valence-electron chi connectivity index (χ0n) is 17.4. The first-order chi connectivity index (χ1) is 15.3. The number of hydrogen-bond acceptors (Lipinski definition) is 8. The van der Waals surface area contributed by atoms with Gasteiger partial charge in [-0.05, 0) is 61.4 Å². The van der Waals surface area contributed by atoms with Crippen molar-refractivity contribution in [1.82, 2.24) is 5.32 Å². The van der Waals surface area contributed by atoms with E-state index in [1.54, 1.807) is 23.6 Å². The predicted molar refractivity (Wildman–Crippen MR) is 118 cm³/mol. The van der Waals surface area contributed by atoms with Crippen molar-refractivity contribution in [2.45, 2.75) is 35.4 Å². The van der Waals surface area contributed by atoms with Gasteiger partial charge in [0.05, 0.1) is 11.8 Å². The highest BCUT2D eigenvalue weighted by Gasteiger charge is 2.35. The van der Waals surface area contributed by atoms with Crippen LogP contribution in [0, 0.1) is 11.3 Å². The number of nitrogens with zero attached hydrogens (tertiary/aromatic N) is 2. The van der Waals surface area contributed by atoms with Crippen molar-refractivity contribution in [2.24, 2.45) is 0 Å². The molecule has 1 fully saturated rings. The van der Waals surface area contributed by atoms with Gasteiger partial charge in [-0.3, -0.25) is 9.10 Å². The Balaban J connectivity index is 1.46. The van der Waals surface area contributed by atoms with Crippen LogP contribution in [0.2, 0.25) is 0 Å². The van der Waals surface area contributed by atoms with Crippen molar-refractivity contribution in [3.63, 3.8) is 0 Å². The number of esters is 1. The molecule has 9 nitrogen and oxygen atoms in total. The highest BCUT2D eigenvalue weighted by Crippen LogP contribution is 2.29. The van der Waals surface area contributed by atoms with Gasteiger partial charge < -0.3 is 14.8 Å². The minimum atomic E-state index is -3.64. The summed E-state index contributed by atoms with van der Waals surface area (Å²) in [6.07, 6.45) is 2.92. The van der Waals surface area contributed by atoms with E-state index < -0.39 is 40.7 Å². The van der Waals surface area contributed by atoms with E-state index in [0.717, 1.165) is 28.5 Å². The Morgan fingerprint density at radius 3 is 2.47 bits per heavy atom. The van der Waals surface area contributed by atoms with Gasteiger partial charge in [-0.25, -0.2) is 13.2 Å². The number of sulfonamides is 1. The average molecular weight is 478 g/mol. The third-order valence-corrected chi connectivity index (χ3v) is 8.24. The number of benzene rings is 1. The lowest BCUT2D eigenvalue weighted by molar-refractivity contribution is -0.150. The van der Waals surface area contributed by atoms with Gasteiger partial charge in [0.15, 0.2) is 13.2 Å². The molecule has 1 aliphatic carbocycles. The lowest BCUT2D eigenvalue weighted by Gasteiger charge is -2.21. The van der Waals surface area contributed by atoms with E-state index in [-0.39, 0.29) is 4.21 Å². The number of ether oxygens (including phenoxy) is 2. The molecule has 3 rings (SSSR count). The van der Waals surface area contributed by atoms with Crippen LogP contribution in [0.5, 0.6) is 5.75 Å². The molecule has 0 spiro atoms. The molecule has 11 heteroatoms. The molecule has 1 saturated carbocycles. The normalized spacial score (nSPS) is 14.9. The number of amides is 1. The van der Waals surface area contributed by atoms with Crippen LogP contribution >= 0.6 is 11.3 Å². The van der Waals surface area contributed by atoms with Crippen LogP contribution in [0.1, 0.15) is 25.7 Å². The van der Waals surface area contributed by atoms with E-state index in [2.05, 4.69) is 11.4 Å². The van der Waals surface area contributed by atoms with Crippen molar-refractivity contribution >= 4 is 38.9 Å². The largest absolute Gasteiger partial charge is 0.482 e. The van der Waals surface area contributed by atoms with Crippen LogP contribution in [0.3, 0.4) is 0 Å². The standard InChI is InChI=1S/C21H23N3O6S2/c1-24(32(27,28)20-5-4-12-31-20)16-6-8-17(9-7-16)29-14-19(26)30-13-18(25)23-21(15-22)10-2-3-11-21/h4-9,12H,2-3,10-11,13-14H2,1H3,(H,23,25). The first-order valence-electron chi connectivity index (χ1n) is 9.89. The van der Waals surface area contributed by atoms with Gasteiger partial charge in [0.2, 0.25) is 0 Å². The number of carbonyl (C=O) groups excluding carboxylic acids is 2. The molecule has 0 bridgehead atoms. The molecule has 1 N–H and O–H groups in total. The Bertz CT molecular complexity index is 1090. The predicted octanol–water partition coefficient (Wildman–Crippen LogP) is 2.45. The third kappa shape index (κ3) is 5.57. The van der Waals surface area contributed by atoms with Crippen molar-refractivity contribution in [3.05, 3.63) is 41.8 Å². The van der Waals surface area contributed by atoms with Gasteiger partial charge in [0.1, 0.15) is 15.5 Å². The van der Waals surface area contributed by atoms with Crippen molar-refractivity contribution in [1.29, 1.82) is 5.26 Å². The van der Waals surface area contributed by atoms with Gasteiger partial charge in [-0.1, -0.05) is 6.07 Å². The Hall–Kier alpha value is -3.10. The molecule has 0 unspecified atom stereocenters. The quantitative estimate of drug-likeness (QED) is 0.550. The summed E-state index contributed by atoms with van der Waals surface area (Å²) in [6, 6.07) is 11.5. The maximum absolute atomic E-state index is 12.6. The molecule has 0 atom stereocenters. The topological polar surface area (TPSA) is 126 Å². The van der Waals surface area contributed by atoms with E-state index in [1.807, 2.05) is 0 Å². The molecule has 1 heterocycles. The van der Waals surface area contributed by atoms with Crippen LogP contribution in [-0.4, -0.2) is 46.1 Å². The van der Waals surface area contributed by atoms with E-state index in [0.29, 0.717) is 24.3 Å². The maximum Gasteiger partial charge on any atom is 0.344 e. The lowest BCUT2D eigenvalue weighted by atomic mass is 10.00. The second-order valence-corrected chi connectivity index (χ2v) is 10.4. The van der Waals surface area contributed by atoms with Crippen molar-refractivity contribution in [2.75, 3.05) is 24.6 Å². The third-order valence-electron chi connectivity index (χ3n) is 5.08. The van der Waals surface area contributed by atoms with Crippen LogP contribution in [-0.2, 0) is 24.3 Å². The molecular weight excluding hydrogens is 454 g/mol. The SMILES string of the molecule is CN(c1ccc(OCC(=O)OCC(=O)NC2(C#N)CCCC2)cc1)S(=O)(=O)c1cccs1. The summed E-state index contributed by atoms with van der Waals surface area (Å²) in [5, 5.41) is 13.6.